The fourth-order valence-electron chi connectivity index (χ4n) is 4.21. The molecule has 0 bridgehead atoms. The molecular weight excluding hydrogens is 328 g/mol. The van der Waals surface area contributed by atoms with Gasteiger partial charge in [-0.3, -0.25) is 9.59 Å². The van der Waals surface area contributed by atoms with E-state index in [0.29, 0.717) is 26.1 Å². The molecular formula is C21H30N2O3. The SMILES string of the molecule is CCN(CC)C(=O)C1(NC(=O)Cc2ccc3c(c2)CCO3)CCCCC1. The minimum Gasteiger partial charge on any atom is -0.493 e. The van der Waals surface area contributed by atoms with Gasteiger partial charge in [-0.05, 0) is 43.9 Å². The van der Waals surface area contributed by atoms with Crippen LogP contribution in [0.5, 0.6) is 5.75 Å². The Kier molecular flexibility index (Phi) is 5.84. The van der Waals surface area contributed by atoms with Gasteiger partial charge in [0.2, 0.25) is 11.8 Å². The number of fused-ring (bicyclic) bond motifs is 1. The van der Waals surface area contributed by atoms with Crippen LogP contribution in [0.25, 0.3) is 0 Å². The predicted octanol–water partition coefficient (Wildman–Crippen LogP) is 2.85. The van der Waals surface area contributed by atoms with Crippen LogP contribution in [-0.4, -0.2) is 41.9 Å². The summed E-state index contributed by atoms with van der Waals surface area (Å²) in [4.78, 5) is 27.7. The summed E-state index contributed by atoms with van der Waals surface area (Å²) >= 11 is 0. The van der Waals surface area contributed by atoms with E-state index >= 15 is 0 Å². The molecule has 5 heteroatoms. The largest absolute Gasteiger partial charge is 0.493 e. The van der Waals surface area contributed by atoms with E-state index in [1.54, 1.807) is 0 Å². The average molecular weight is 358 g/mol. The Bertz CT molecular complexity index is 661. The number of likely N-dealkylation sites (N-methyl/N-ethyl adjacent to an activating group) is 1. The van der Waals surface area contributed by atoms with Crippen LogP contribution in [-0.2, 0) is 22.4 Å². The number of nitrogens with zero attached hydrogens (tertiary/aromatic N) is 1. The van der Waals surface area contributed by atoms with Gasteiger partial charge in [-0.1, -0.05) is 31.4 Å². The first-order chi connectivity index (χ1) is 12.6. The molecule has 1 N–H and O–H groups in total. The minimum atomic E-state index is -0.721. The van der Waals surface area contributed by atoms with Crippen molar-refractivity contribution in [2.75, 3.05) is 19.7 Å². The first-order valence-corrected chi connectivity index (χ1v) is 9.93. The summed E-state index contributed by atoms with van der Waals surface area (Å²) in [6, 6.07) is 5.95. The third-order valence-electron chi connectivity index (χ3n) is 5.66. The van der Waals surface area contributed by atoms with Gasteiger partial charge in [0.05, 0.1) is 13.0 Å². The number of ether oxygens (including phenoxy) is 1. The van der Waals surface area contributed by atoms with Crippen molar-refractivity contribution >= 4 is 11.8 Å². The second-order valence-electron chi connectivity index (χ2n) is 7.39. The molecule has 1 aromatic rings. The lowest BCUT2D eigenvalue weighted by molar-refractivity contribution is -0.143. The van der Waals surface area contributed by atoms with Gasteiger partial charge in [0.25, 0.3) is 0 Å². The highest BCUT2D eigenvalue weighted by atomic mass is 16.5. The van der Waals surface area contributed by atoms with E-state index in [9.17, 15) is 9.59 Å². The second kappa shape index (κ2) is 8.11. The van der Waals surface area contributed by atoms with Gasteiger partial charge >= 0.3 is 0 Å². The van der Waals surface area contributed by atoms with Crippen molar-refractivity contribution in [1.82, 2.24) is 10.2 Å². The summed E-state index contributed by atoms with van der Waals surface area (Å²) < 4.78 is 5.53. The van der Waals surface area contributed by atoms with Crippen molar-refractivity contribution in [3.8, 4) is 5.75 Å². The van der Waals surface area contributed by atoms with Crippen LogP contribution in [0.3, 0.4) is 0 Å². The van der Waals surface area contributed by atoms with Gasteiger partial charge in [-0.25, -0.2) is 0 Å². The maximum absolute atomic E-state index is 13.1. The normalized spacial score (nSPS) is 17.9. The van der Waals surface area contributed by atoms with Gasteiger partial charge in [0.1, 0.15) is 11.3 Å². The first-order valence-electron chi connectivity index (χ1n) is 9.93. The third-order valence-corrected chi connectivity index (χ3v) is 5.66. The monoisotopic (exact) mass is 358 g/mol. The van der Waals surface area contributed by atoms with E-state index in [4.69, 9.17) is 4.74 Å². The van der Waals surface area contributed by atoms with Crippen molar-refractivity contribution in [2.45, 2.75) is 64.3 Å². The highest BCUT2D eigenvalue weighted by Crippen LogP contribution is 2.31. The smallest absolute Gasteiger partial charge is 0.248 e. The van der Waals surface area contributed by atoms with E-state index in [2.05, 4.69) is 11.4 Å². The quantitative estimate of drug-likeness (QED) is 0.851. The average Bonchev–Trinajstić information content (AvgIpc) is 3.11. The summed E-state index contributed by atoms with van der Waals surface area (Å²) in [5.41, 5.74) is 1.43. The van der Waals surface area contributed by atoms with Gasteiger partial charge < -0.3 is 15.0 Å². The van der Waals surface area contributed by atoms with Crippen LogP contribution in [0, 0.1) is 0 Å². The predicted molar refractivity (Wildman–Crippen MR) is 101 cm³/mol. The molecule has 0 aromatic heterocycles. The molecule has 1 aliphatic carbocycles. The number of hydrogen-bond donors (Lipinski definition) is 1. The maximum atomic E-state index is 13.1. The fourth-order valence-corrected chi connectivity index (χ4v) is 4.21. The van der Waals surface area contributed by atoms with Crippen LogP contribution in [0.15, 0.2) is 18.2 Å². The van der Waals surface area contributed by atoms with Crippen molar-refractivity contribution in [3.63, 3.8) is 0 Å². The lowest BCUT2D eigenvalue weighted by atomic mass is 9.80. The van der Waals surface area contributed by atoms with Crippen LogP contribution in [0.4, 0.5) is 0 Å². The Morgan fingerprint density at radius 1 is 1.15 bits per heavy atom. The Labute approximate surface area is 156 Å². The minimum absolute atomic E-state index is 0.0636. The van der Waals surface area contributed by atoms with Gasteiger partial charge in [-0.2, -0.15) is 0 Å². The molecule has 0 unspecified atom stereocenters. The second-order valence-corrected chi connectivity index (χ2v) is 7.39. The molecule has 2 amide bonds. The first kappa shape index (κ1) is 18.7. The number of carbonyl (C=O) groups excluding carboxylic acids is 2. The number of carbonyl (C=O) groups is 2. The van der Waals surface area contributed by atoms with Crippen LogP contribution >= 0.6 is 0 Å². The summed E-state index contributed by atoms with van der Waals surface area (Å²) in [5.74, 6) is 0.943. The molecule has 26 heavy (non-hydrogen) atoms. The Balaban J connectivity index is 1.72. The maximum Gasteiger partial charge on any atom is 0.248 e. The van der Waals surface area contributed by atoms with Crippen molar-refractivity contribution < 1.29 is 14.3 Å². The Morgan fingerprint density at radius 2 is 1.88 bits per heavy atom. The van der Waals surface area contributed by atoms with Gasteiger partial charge in [-0.15, -0.1) is 0 Å². The summed E-state index contributed by atoms with van der Waals surface area (Å²) in [6.07, 6.45) is 5.80. The molecule has 0 spiro atoms. The van der Waals surface area contributed by atoms with Gasteiger partial charge in [0.15, 0.2) is 0 Å². The Morgan fingerprint density at radius 3 is 2.58 bits per heavy atom. The number of hydrogen-bond acceptors (Lipinski definition) is 3. The standard InChI is InChI=1S/C21H30N2O3/c1-3-23(4-2)20(25)21(11-6-5-7-12-21)22-19(24)15-16-8-9-18-17(14-16)10-13-26-18/h8-9,14H,3-7,10-13,15H2,1-2H3,(H,22,24). The molecule has 1 fully saturated rings. The van der Waals surface area contributed by atoms with Crippen molar-refractivity contribution in [1.29, 1.82) is 0 Å². The lowest BCUT2D eigenvalue weighted by Crippen LogP contribution is -2.60. The van der Waals surface area contributed by atoms with E-state index < -0.39 is 5.54 Å². The highest BCUT2D eigenvalue weighted by molar-refractivity contribution is 5.92. The topological polar surface area (TPSA) is 58.6 Å². The van der Waals surface area contributed by atoms with Gasteiger partial charge in [0, 0.05) is 19.5 Å². The van der Waals surface area contributed by atoms with E-state index in [1.165, 1.54) is 5.56 Å². The molecule has 1 saturated carbocycles. The highest BCUT2D eigenvalue weighted by Gasteiger charge is 2.42. The van der Waals surface area contributed by atoms with Crippen LogP contribution in [0.2, 0.25) is 0 Å². The van der Waals surface area contributed by atoms with Crippen LogP contribution in [0.1, 0.15) is 57.1 Å². The fraction of sp³-hybridized carbons (Fsp3) is 0.619. The summed E-state index contributed by atoms with van der Waals surface area (Å²) in [7, 11) is 0. The molecule has 142 valence electrons. The lowest BCUT2D eigenvalue weighted by Gasteiger charge is -2.40. The zero-order valence-corrected chi connectivity index (χ0v) is 16.0. The zero-order valence-electron chi connectivity index (χ0n) is 16.0. The van der Waals surface area contributed by atoms with Crippen LogP contribution < -0.4 is 10.1 Å². The molecule has 3 rings (SSSR count). The molecule has 1 aliphatic heterocycles. The van der Waals surface area contributed by atoms with Crippen molar-refractivity contribution in [3.05, 3.63) is 29.3 Å². The van der Waals surface area contributed by atoms with E-state index in [-0.39, 0.29) is 11.8 Å². The molecule has 1 aromatic carbocycles. The number of rotatable bonds is 6. The Hall–Kier alpha value is -2.04. The van der Waals surface area contributed by atoms with Crippen molar-refractivity contribution in [2.24, 2.45) is 0 Å². The summed E-state index contributed by atoms with van der Waals surface area (Å²) in [5, 5.41) is 3.14. The third kappa shape index (κ3) is 3.87. The number of benzene rings is 1. The van der Waals surface area contributed by atoms with E-state index in [0.717, 1.165) is 49.8 Å². The molecule has 0 radical (unpaired) electrons. The molecule has 1 heterocycles. The molecule has 0 atom stereocenters. The molecule has 0 saturated heterocycles. The van der Waals surface area contributed by atoms with E-state index in [1.807, 2.05) is 30.9 Å². The number of nitrogens with one attached hydrogen (secondary N) is 1. The number of amides is 2. The zero-order chi connectivity index (χ0) is 18.6. The summed E-state index contributed by atoms with van der Waals surface area (Å²) in [6.45, 7) is 6.06. The molecule has 2 aliphatic rings. The molecule has 5 nitrogen and oxygen atoms in total.